The van der Waals surface area contributed by atoms with E-state index in [0.717, 1.165) is 0 Å². The van der Waals surface area contributed by atoms with Crippen molar-refractivity contribution in [2.45, 2.75) is 31.4 Å². The number of ether oxygens (including phenoxy) is 1. The normalized spacial score (nSPS) is 24.6. The number of alkyl halides is 6. The second-order valence-corrected chi connectivity index (χ2v) is 4.88. The Bertz CT molecular complexity index is 294. The summed E-state index contributed by atoms with van der Waals surface area (Å²) in [6.45, 7) is 0.0882. The van der Waals surface area contributed by atoms with Crippen LogP contribution in [0.2, 0.25) is 0 Å². The molecule has 3 nitrogen and oxygen atoms in total. The SMILES string of the molecule is CN(CCOC(F)(F)F)CCC1NCCC1C(F)(F)F. The van der Waals surface area contributed by atoms with E-state index in [4.69, 9.17) is 0 Å². The molecule has 1 heterocycles. The predicted octanol–water partition coefficient (Wildman–Crippen LogP) is 2.39. The minimum Gasteiger partial charge on any atom is -0.313 e. The maximum Gasteiger partial charge on any atom is 0.522 e. The molecule has 0 aromatic heterocycles. The van der Waals surface area contributed by atoms with Crippen LogP contribution < -0.4 is 5.32 Å². The number of nitrogens with one attached hydrogen (secondary N) is 1. The maximum absolute atomic E-state index is 12.7. The van der Waals surface area contributed by atoms with Crippen LogP contribution in [0.25, 0.3) is 0 Å². The summed E-state index contributed by atoms with van der Waals surface area (Å²) in [6, 6.07) is -0.666. The molecule has 9 heteroatoms. The number of nitrogens with zero attached hydrogens (tertiary/aromatic N) is 1. The molecule has 120 valence electrons. The molecule has 1 saturated heterocycles. The molecule has 20 heavy (non-hydrogen) atoms. The van der Waals surface area contributed by atoms with Gasteiger partial charge in [0.05, 0.1) is 12.5 Å². The first-order chi connectivity index (χ1) is 9.09. The Morgan fingerprint density at radius 2 is 1.80 bits per heavy atom. The van der Waals surface area contributed by atoms with Crippen molar-refractivity contribution < 1.29 is 31.1 Å². The Hall–Kier alpha value is -0.540. The summed E-state index contributed by atoms with van der Waals surface area (Å²) in [5.41, 5.74) is 0. The summed E-state index contributed by atoms with van der Waals surface area (Å²) in [5.74, 6) is -1.37. The Kier molecular flexibility index (Phi) is 6.08. The molecule has 2 atom stereocenters. The number of likely N-dealkylation sites (N-methyl/N-ethyl adjacent to an activating group) is 1. The van der Waals surface area contributed by atoms with Gasteiger partial charge in [0.25, 0.3) is 0 Å². The standard InChI is InChI=1S/C11H18F6N2O/c1-19(6-7-20-11(15,16)17)5-3-9-8(2-4-18-9)10(12,13)14/h8-9,18H,2-7H2,1H3. The van der Waals surface area contributed by atoms with E-state index < -0.39 is 31.1 Å². The second-order valence-electron chi connectivity index (χ2n) is 4.88. The minimum atomic E-state index is -4.67. The summed E-state index contributed by atoms with van der Waals surface area (Å²) in [7, 11) is 1.55. The predicted molar refractivity (Wildman–Crippen MR) is 60.1 cm³/mol. The summed E-state index contributed by atoms with van der Waals surface area (Å²) >= 11 is 0. The molecule has 0 saturated carbocycles. The Balaban J connectivity index is 2.25. The fraction of sp³-hybridized carbons (Fsp3) is 1.00. The van der Waals surface area contributed by atoms with E-state index in [1.165, 1.54) is 4.90 Å². The van der Waals surface area contributed by atoms with Crippen LogP contribution in [0.3, 0.4) is 0 Å². The van der Waals surface area contributed by atoms with Crippen molar-refractivity contribution in [1.29, 1.82) is 0 Å². The quantitative estimate of drug-likeness (QED) is 0.763. The van der Waals surface area contributed by atoms with Crippen LogP contribution in [0.5, 0.6) is 0 Å². The van der Waals surface area contributed by atoms with Gasteiger partial charge in [-0.3, -0.25) is 4.74 Å². The fourth-order valence-electron chi connectivity index (χ4n) is 2.25. The third-order valence-electron chi connectivity index (χ3n) is 3.33. The molecule has 1 fully saturated rings. The summed E-state index contributed by atoms with van der Waals surface area (Å²) < 4.78 is 76.9. The van der Waals surface area contributed by atoms with Gasteiger partial charge in [0.1, 0.15) is 0 Å². The molecular weight excluding hydrogens is 290 g/mol. The van der Waals surface area contributed by atoms with Gasteiger partial charge in [0.2, 0.25) is 0 Å². The molecule has 2 unspecified atom stereocenters. The fourth-order valence-corrected chi connectivity index (χ4v) is 2.25. The molecule has 0 amide bonds. The van der Waals surface area contributed by atoms with Gasteiger partial charge >= 0.3 is 12.5 Å². The molecule has 1 N–H and O–H groups in total. The summed E-state index contributed by atoms with van der Waals surface area (Å²) in [6.07, 6.45) is -8.61. The highest BCUT2D eigenvalue weighted by Crippen LogP contribution is 2.35. The van der Waals surface area contributed by atoms with Crippen molar-refractivity contribution >= 4 is 0 Å². The molecule has 1 aliphatic heterocycles. The van der Waals surface area contributed by atoms with Crippen molar-refractivity contribution in [3.05, 3.63) is 0 Å². The molecule has 0 aliphatic carbocycles. The van der Waals surface area contributed by atoms with Crippen LogP contribution in [-0.4, -0.2) is 56.8 Å². The zero-order valence-electron chi connectivity index (χ0n) is 11.0. The molecule has 0 spiro atoms. The van der Waals surface area contributed by atoms with Gasteiger partial charge in [0.15, 0.2) is 0 Å². The van der Waals surface area contributed by atoms with Gasteiger partial charge in [-0.25, -0.2) is 0 Å². The van der Waals surface area contributed by atoms with Crippen LogP contribution in [0.15, 0.2) is 0 Å². The lowest BCUT2D eigenvalue weighted by Gasteiger charge is -2.24. The Morgan fingerprint density at radius 1 is 1.15 bits per heavy atom. The van der Waals surface area contributed by atoms with Crippen molar-refractivity contribution in [1.82, 2.24) is 10.2 Å². The van der Waals surface area contributed by atoms with E-state index in [2.05, 4.69) is 10.1 Å². The van der Waals surface area contributed by atoms with E-state index in [9.17, 15) is 26.3 Å². The third kappa shape index (κ3) is 6.27. The van der Waals surface area contributed by atoms with Gasteiger partial charge in [-0.05, 0) is 33.0 Å². The van der Waals surface area contributed by atoms with Gasteiger partial charge in [-0.2, -0.15) is 13.2 Å². The number of hydrogen-bond acceptors (Lipinski definition) is 3. The van der Waals surface area contributed by atoms with E-state index in [0.29, 0.717) is 6.54 Å². The van der Waals surface area contributed by atoms with Gasteiger partial charge in [0, 0.05) is 12.6 Å². The van der Waals surface area contributed by atoms with E-state index in [-0.39, 0.29) is 25.9 Å². The van der Waals surface area contributed by atoms with E-state index in [1.807, 2.05) is 0 Å². The molecule has 0 aromatic carbocycles. The monoisotopic (exact) mass is 308 g/mol. The van der Waals surface area contributed by atoms with E-state index in [1.54, 1.807) is 7.05 Å². The van der Waals surface area contributed by atoms with Crippen LogP contribution >= 0.6 is 0 Å². The Labute approximate surface area is 113 Å². The molecule has 0 radical (unpaired) electrons. The smallest absolute Gasteiger partial charge is 0.313 e. The second kappa shape index (κ2) is 6.95. The zero-order valence-corrected chi connectivity index (χ0v) is 11.0. The highest BCUT2D eigenvalue weighted by atomic mass is 19.4. The molecule has 0 bridgehead atoms. The molecule has 1 rings (SSSR count). The number of rotatable bonds is 6. The van der Waals surface area contributed by atoms with Crippen molar-refractivity contribution in [3.8, 4) is 0 Å². The van der Waals surface area contributed by atoms with Gasteiger partial charge in [-0.1, -0.05) is 0 Å². The zero-order chi connectivity index (χ0) is 15.4. The van der Waals surface area contributed by atoms with Crippen molar-refractivity contribution in [2.24, 2.45) is 5.92 Å². The van der Waals surface area contributed by atoms with Gasteiger partial charge in [-0.15, -0.1) is 13.2 Å². The van der Waals surface area contributed by atoms with Crippen LogP contribution in [0, 0.1) is 5.92 Å². The highest BCUT2D eigenvalue weighted by Gasteiger charge is 2.46. The lowest BCUT2D eigenvalue weighted by atomic mass is 9.97. The summed E-state index contributed by atoms with van der Waals surface area (Å²) in [5, 5.41) is 2.79. The lowest BCUT2D eigenvalue weighted by Crippen LogP contribution is -2.38. The van der Waals surface area contributed by atoms with Crippen molar-refractivity contribution in [2.75, 3.05) is 33.3 Å². The maximum atomic E-state index is 12.7. The largest absolute Gasteiger partial charge is 0.522 e. The first kappa shape index (κ1) is 17.5. The highest BCUT2D eigenvalue weighted by molar-refractivity contribution is 4.88. The first-order valence-corrected chi connectivity index (χ1v) is 6.29. The van der Waals surface area contributed by atoms with E-state index >= 15 is 0 Å². The lowest BCUT2D eigenvalue weighted by molar-refractivity contribution is -0.324. The first-order valence-electron chi connectivity index (χ1n) is 6.29. The number of halogens is 6. The Morgan fingerprint density at radius 3 is 2.35 bits per heavy atom. The third-order valence-corrected chi connectivity index (χ3v) is 3.33. The molecular formula is C11H18F6N2O. The average Bonchev–Trinajstić information content (AvgIpc) is 2.72. The minimum absolute atomic E-state index is 0.0168. The average molecular weight is 308 g/mol. The van der Waals surface area contributed by atoms with Crippen LogP contribution in [0.4, 0.5) is 26.3 Å². The van der Waals surface area contributed by atoms with Gasteiger partial charge < -0.3 is 10.2 Å². The molecule has 0 aromatic rings. The molecule has 1 aliphatic rings. The van der Waals surface area contributed by atoms with Crippen molar-refractivity contribution in [3.63, 3.8) is 0 Å². The topological polar surface area (TPSA) is 24.5 Å². The van der Waals surface area contributed by atoms with Crippen LogP contribution in [0.1, 0.15) is 12.8 Å². The van der Waals surface area contributed by atoms with Crippen LogP contribution in [-0.2, 0) is 4.74 Å². The summed E-state index contributed by atoms with van der Waals surface area (Å²) in [4.78, 5) is 1.53. The number of hydrogen-bond donors (Lipinski definition) is 1.